The SMILES string of the molecule is NC(=O)C1CCc2cc(N3CCOCC3)ccc21. The molecular weight excluding hydrogens is 228 g/mol. The number of benzene rings is 1. The van der Waals surface area contributed by atoms with Gasteiger partial charge in [0.25, 0.3) is 0 Å². The summed E-state index contributed by atoms with van der Waals surface area (Å²) in [6, 6.07) is 6.39. The molecule has 0 saturated carbocycles. The van der Waals surface area contributed by atoms with E-state index < -0.39 is 0 Å². The highest BCUT2D eigenvalue weighted by atomic mass is 16.5. The number of amides is 1. The second-order valence-electron chi connectivity index (χ2n) is 4.98. The highest BCUT2D eigenvalue weighted by Gasteiger charge is 2.27. The number of carbonyl (C=O) groups is 1. The molecular formula is C14H18N2O2. The van der Waals surface area contributed by atoms with E-state index in [9.17, 15) is 4.79 Å². The van der Waals surface area contributed by atoms with Gasteiger partial charge in [0.1, 0.15) is 0 Å². The molecule has 1 saturated heterocycles. The fourth-order valence-corrected chi connectivity index (χ4v) is 2.92. The second kappa shape index (κ2) is 4.61. The number of ether oxygens (including phenoxy) is 1. The predicted molar refractivity (Wildman–Crippen MR) is 69.7 cm³/mol. The molecule has 1 aliphatic heterocycles. The zero-order valence-electron chi connectivity index (χ0n) is 10.4. The lowest BCUT2D eigenvalue weighted by molar-refractivity contribution is -0.119. The first-order valence-electron chi connectivity index (χ1n) is 6.50. The van der Waals surface area contributed by atoms with Crippen LogP contribution >= 0.6 is 0 Å². The molecule has 1 aromatic carbocycles. The second-order valence-corrected chi connectivity index (χ2v) is 4.98. The number of nitrogens with two attached hydrogens (primary N) is 1. The summed E-state index contributed by atoms with van der Waals surface area (Å²) in [5.41, 5.74) is 9.07. The Hall–Kier alpha value is -1.55. The van der Waals surface area contributed by atoms with E-state index in [4.69, 9.17) is 10.5 Å². The summed E-state index contributed by atoms with van der Waals surface area (Å²) >= 11 is 0. The molecule has 1 heterocycles. The third-order valence-electron chi connectivity index (χ3n) is 3.92. The van der Waals surface area contributed by atoms with Crippen molar-refractivity contribution in [3.8, 4) is 0 Å². The first-order chi connectivity index (χ1) is 8.75. The summed E-state index contributed by atoms with van der Waals surface area (Å²) in [6.45, 7) is 3.47. The van der Waals surface area contributed by atoms with Crippen LogP contribution in [-0.2, 0) is 16.0 Å². The van der Waals surface area contributed by atoms with Gasteiger partial charge in [-0.1, -0.05) is 6.07 Å². The topological polar surface area (TPSA) is 55.6 Å². The number of hydrogen-bond acceptors (Lipinski definition) is 3. The molecule has 1 atom stereocenters. The minimum atomic E-state index is -0.201. The van der Waals surface area contributed by atoms with Gasteiger partial charge in [0.2, 0.25) is 5.91 Å². The lowest BCUT2D eigenvalue weighted by Crippen LogP contribution is -2.36. The summed E-state index contributed by atoms with van der Waals surface area (Å²) in [5, 5.41) is 0. The van der Waals surface area contributed by atoms with Crippen molar-refractivity contribution < 1.29 is 9.53 Å². The Morgan fingerprint density at radius 3 is 2.83 bits per heavy atom. The van der Waals surface area contributed by atoms with Gasteiger partial charge in [-0.3, -0.25) is 4.79 Å². The maximum absolute atomic E-state index is 11.3. The largest absolute Gasteiger partial charge is 0.378 e. The number of morpholine rings is 1. The Kier molecular flexibility index (Phi) is 2.96. The van der Waals surface area contributed by atoms with Gasteiger partial charge in [-0.15, -0.1) is 0 Å². The zero-order valence-corrected chi connectivity index (χ0v) is 10.4. The van der Waals surface area contributed by atoms with E-state index >= 15 is 0 Å². The first kappa shape index (κ1) is 11.5. The van der Waals surface area contributed by atoms with E-state index in [2.05, 4.69) is 23.1 Å². The molecule has 2 aliphatic rings. The van der Waals surface area contributed by atoms with Crippen molar-refractivity contribution in [2.45, 2.75) is 18.8 Å². The predicted octanol–water partition coefficient (Wildman–Crippen LogP) is 1.04. The number of fused-ring (bicyclic) bond motifs is 1. The van der Waals surface area contributed by atoms with Gasteiger partial charge in [-0.05, 0) is 36.1 Å². The smallest absolute Gasteiger partial charge is 0.224 e. The number of anilines is 1. The van der Waals surface area contributed by atoms with Gasteiger partial charge in [0, 0.05) is 18.8 Å². The first-order valence-corrected chi connectivity index (χ1v) is 6.50. The van der Waals surface area contributed by atoms with Gasteiger partial charge in [0.05, 0.1) is 19.1 Å². The van der Waals surface area contributed by atoms with Gasteiger partial charge < -0.3 is 15.4 Å². The van der Waals surface area contributed by atoms with Crippen LogP contribution in [0.2, 0.25) is 0 Å². The molecule has 1 fully saturated rings. The summed E-state index contributed by atoms with van der Waals surface area (Å²) in [6.07, 6.45) is 1.82. The Bertz CT molecular complexity index is 467. The molecule has 0 spiro atoms. The van der Waals surface area contributed by atoms with E-state index in [1.807, 2.05) is 0 Å². The standard InChI is InChI=1S/C14H18N2O2/c15-14(17)13-3-1-10-9-11(2-4-12(10)13)16-5-7-18-8-6-16/h2,4,9,13H,1,3,5-8H2,(H2,15,17). The van der Waals surface area contributed by atoms with Gasteiger partial charge in [0.15, 0.2) is 0 Å². The number of nitrogens with zero attached hydrogens (tertiary/aromatic N) is 1. The Morgan fingerprint density at radius 1 is 1.33 bits per heavy atom. The normalized spacial score (nSPS) is 22.9. The monoisotopic (exact) mass is 246 g/mol. The molecule has 1 unspecified atom stereocenters. The Balaban J connectivity index is 1.86. The maximum Gasteiger partial charge on any atom is 0.224 e. The Labute approximate surface area is 107 Å². The van der Waals surface area contributed by atoms with Gasteiger partial charge >= 0.3 is 0 Å². The molecule has 4 heteroatoms. The molecule has 4 nitrogen and oxygen atoms in total. The van der Waals surface area contributed by atoms with Crippen LogP contribution in [0.4, 0.5) is 5.69 Å². The zero-order chi connectivity index (χ0) is 12.5. The van der Waals surface area contributed by atoms with Crippen LogP contribution in [0.25, 0.3) is 0 Å². The average molecular weight is 246 g/mol. The minimum absolute atomic E-state index is 0.0845. The minimum Gasteiger partial charge on any atom is -0.378 e. The quantitative estimate of drug-likeness (QED) is 0.848. The molecule has 0 radical (unpaired) electrons. The summed E-state index contributed by atoms with van der Waals surface area (Å²) in [7, 11) is 0. The number of carbonyl (C=O) groups excluding carboxylic acids is 1. The lowest BCUT2D eigenvalue weighted by Gasteiger charge is -2.29. The van der Waals surface area contributed by atoms with E-state index in [0.717, 1.165) is 44.7 Å². The van der Waals surface area contributed by atoms with Gasteiger partial charge in [-0.25, -0.2) is 0 Å². The van der Waals surface area contributed by atoms with Crippen molar-refractivity contribution in [1.29, 1.82) is 0 Å². The maximum atomic E-state index is 11.3. The van der Waals surface area contributed by atoms with Crippen molar-refractivity contribution >= 4 is 11.6 Å². The molecule has 0 aromatic heterocycles. The molecule has 3 rings (SSSR count). The molecule has 1 aromatic rings. The van der Waals surface area contributed by atoms with Crippen LogP contribution in [0.5, 0.6) is 0 Å². The Morgan fingerprint density at radius 2 is 2.11 bits per heavy atom. The molecule has 1 amide bonds. The van der Waals surface area contributed by atoms with E-state index in [0.29, 0.717) is 0 Å². The van der Waals surface area contributed by atoms with Crippen molar-refractivity contribution in [3.63, 3.8) is 0 Å². The summed E-state index contributed by atoms with van der Waals surface area (Å²) < 4.78 is 5.36. The van der Waals surface area contributed by atoms with Crippen LogP contribution in [0, 0.1) is 0 Å². The van der Waals surface area contributed by atoms with Crippen LogP contribution in [0.1, 0.15) is 23.5 Å². The fourth-order valence-electron chi connectivity index (χ4n) is 2.92. The van der Waals surface area contributed by atoms with E-state index in [-0.39, 0.29) is 11.8 Å². The highest BCUT2D eigenvalue weighted by Crippen LogP contribution is 2.35. The third kappa shape index (κ3) is 1.97. The van der Waals surface area contributed by atoms with Crippen molar-refractivity contribution in [2.24, 2.45) is 5.73 Å². The molecule has 96 valence electrons. The van der Waals surface area contributed by atoms with Crippen LogP contribution in [0.3, 0.4) is 0 Å². The number of primary amides is 1. The number of aryl methyl sites for hydroxylation is 1. The third-order valence-corrected chi connectivity index (χ3v) is 3.92. The number of rotatable bonds is 2. The molecule has 2 N–H and O–H groups in total. The van der Waals surface area contributed by atoms with Crippen molar-refractivity contribution in [1.82, 2.24) is 0 Å². The summed E-state index contributed by atoms with van der Waals surface area (Å²) in [4.78, 5) is 13.7. The van der Waals surface area contributed by atoms with Crippen molar-refractivity contribution in [3.05, 3.63) is 29.3 Å². The van der Waals surface area contributed by atoms with Crippen LogP contribution in [0.15, 0.2) is 18.2 Å². The van der Waals surface area contributed by atoms with Crippen LogP contribution < -0.4 is 10.6 Å². The molecule has 0 bridgehead atoms. The number of hydrogen-bond donors (Lipinski definition) is 1. The molecule has 1 aliphatic carbocycles. The highest BCUT2D eigenvalue weighted by molar-refractivity contribution is 5.83. The fraction of sp³-hybridized carbons (Fsp3) is 0.500. The van der Waals surface area contributed by atoms with Gasteiger partial charge in [-0.2, -0.15) is 0 Å². The van der Waals surface area contributed by atoms with E-state index in [1.54, 1.807) is 0 Å². The average Bonchev–Trinajstić information content (AvgIpc) is 2.82. The van der Waals surface area contributed by atoms with Crippen molar-refractivity contribution in [2.75, 3.05) is 31.2 Å². The molecule has 18 heavy (non-hydrogen) atoms. The lowest BCUT2D eigenvalue weighted by atomic mass is 10.0. The van der Waals surface area contributed by atoms with E-state index in [1.165, 1.54) is 11.3 Å². The summed E-state index contributed by atoms with van der Waals surface area (Å²) in [5.74, 6) is -0.286. The van der Waals surface area contributed by atoms with Crippen LogP contribution in [-0.4, -0.2) is 32.2 Å².